The van der Waals surface area contributed by atoms with Crippen LogP contribution in [-0.2, 0) is 9.59 Å². The van der Waals surface area contributed by atoms with Gasteiger partial charge in [0.05, 0.1) is 5.69 Å². The number of rotatable bonds is 2. The molecule has 20 heavy (non-hydrogen) atoms. The summed E-state index contributed by atoms with van der Waals surface area (Å²) in [6.07, 6.45) is 2.43. The number of nitrogens with zero attached hydrogens (tertiary/aromatic N) is 4. The number of amides is 2. The molecule has 2 N–H and O–H groups in total. The molecule has 0 saturated carbocycles. The number of hydrogen-bond acceptors (Lipinski definition) is 5. The van der Waals surface area contributed by atoms with Crippen molar-refractivity contribution in [2.24, 2.45) is 0 Å². The summed E-state index contributed by atoms with van der Waals surface area (Å²) in [5.41, 5.74) is 7.24. The lowest BCUT2D eigenvalue weighted by Crippen LogP contribution is -2.31. The van der Waals surface area contributed by atoms with Gasteiger partial charge in [-0.3, -0.25) is 9.59 Å². The largest absolute Gasteiger partial charge is 0.368 e. The number of aromatic nitrogens is 3. The highest BCUT2D eigenvalue weighted by atomic mass is 16.2. The van der Waals surface area contributed by atoms with E-state index < -0.39 is 11.8 Å². The highest BCUT2D eigenvalue weighted by molar-refractivity contribution is 6.40. The number of benzene rings is 1. The van der Waals surface area contributed by atoms with Crippen molar-refractivity contribution in [2.75, 3.05) is 10.6 Å². The van der Waals surface area contributed by atoms with E-state index >= 15 is 0 Å². The van der Waals surface area contributed by atoms with Gasteiger partial charge in [-0.2, -0.15) is 14.8 Å². The van der Waals surface area contributed by atoms with Gasteiger partial charge in [0.25, 0.3) is 11.8 Å². The second-order valence-corrected chi connectivity index (χ2v) is 4.37. The maximum absolute atomic E-state index is 12.3. The Labute approximate surface area is 114 Å². The monoisotopic (exact) mass is 269 g/mol. The molecule has 7 nitrogen and oxygen atoms in total. The van der Waals surface area contributed by atoms with Gasteiger partial charge in [-0.15, -0.1) is 0 Å². The van der Waals surface area contributed by atoms with E-state index in [4.69, 9.17) is 5.73 Å². The molecule has 3 rings (SSSR count). The van der Waals surface area contributed by atoms with Crippen LogP contribution in [0.5, 0.6) is 0 Å². The third-order valence-corrected chi connectivity index (χ3v) is 3.00. The van der Waals surface area contributed by atoms with Crippen LogP contribution in [0.2, 0.25) is 0 Å². The fraction of sp³-hybridized carbons (Fsp3) is 0.0769. The SMILES string of the molecule is Cc1ccc(N2C(=O)C=C(n3ncnc3N)C2=O)cc1. The van der Waals surface area contributed by atoms with E-state index in [1.54, 1.807) is 12.1 Å². The van der Waals surface area contributed by atoms with E-state index in [-0.39, 0.29) is 11.6 Å². The van der Waals surface area contributed by atoms with Crippen molar-refractivity contribution in [3.8, 4) is 0 Å². The normalized spacial score (nSPS) is 14.8. The van der Waals surface area contributed by atoms with Crippen LogP contribution in [0.15, 0.2) is 36.7 Å². The summed E-state index contributed by atoms with van der Waals surface area (Å²) in [7, 11) is 0. The van der Waals surface area contributed by atoms with Gasteiger partial charge in [-0.25, -0.2) is 4.90 Å². The van der Waals surface area contributed by atoms with Gasteiger partial charge >= 0.3 is 0 Å². The minimum Gasteiger partial charge on any atom is -0.368 e. The minimum absolute atomic E-state index is 0.0585. The first-order valence-electron chi connectivity index (χ1n) is 5.90. The van der Waals surface area contributed by atoms with Crippen molar-refractivity contribution in [3.05, 3.63) is 42.2 Å². The standard InChI is InChI=1S/C13H11N5O2/c1-8-2-4-9(5-3-8)17-11(19)6-10(12(17)20)18-13(14)15-7-16-18/h2-7H,1H3,(H2,14,15,16). The molecule has 1 aliphatic rings. The molecule has 0 aliphatic carbocycles. The number of hydrogen-bond donors (Lipinski definition) is 1. The van der Waals surface area contributed by atoms with E-state index in [9.17, 15) is 9.59 Å². The van der Waals surface area contributed by atoms with Gasteiger partial charge in [-0.05, 0) is 19.1 Å². The Bertz CT molecular complexity index is 729. The van der Waals surface area contributed by atoms with E-state index in [1.807, 2.05) is 19.1 Å². The van der Waals surface area contributed by atoms with Crippen molar-refractivity contribution in [2.45, 2.75) is 6.92 Å². The number of carbonyl (C=O) groups excluding carboxylic acids is 2. The molecule has 0 atom stereocenters. The Kier molecular flexibility index (Phi) is 2.60. The lowest BCUT2D eigenvalue weighted by atomic mass is 10.2. The van der Waals surface area contributed by atoms with Crippen LogP contribution in [0, 0.1) is 6.92 Å². The van der Waals surface area contributed by atoms with Crippen LogP contribution < -0.4 is 10.6 Å². The Morgan fingerprint density at radius 1 is 1.15 bits per heavy atom. The molecular weight excluding hydrogens is 258 g/mol. The quantitative estimate of drug-likeness (QED) is 0.805. The van der Waals surface area contributed by atoms with Crippen LogP contribution in [0.4, 0.5) is 11.6 Å². The summed E-state index contributed by atoms with van der Waals surface area (Å²) in [6.45, 7) is 1.93. The number of imide groups is 1. The van der Waals surface area contributed by atoms with Crippen LogP contribution in [0.25, 0.3) is 5.70 Å². The van der Waals surface area contributed by atoms with Crippen molar-refractivity contribution in [1.29, 1.82) is 0 Å². The van der Waals surface area contributed by atoms with E-state index in [1.165, 1.54) is 12.4 Å². The number of aryl methyl sites for hydroxylation is 1. The third-order valence-electron chi connectivity index (χ3n) is 3.00. The molecule has 0 fully saturated rings. The summed E-state index contributed by atoms with van der Waals surface area (Å²) in [5.74, 6) is -0.844. The van der Waals surface area contributed by atoms with E-state index in [0.717, 1.165) is 15.1 Å². The second-order valence-electron chi connectivity index (χ2n) is 4.37. The average Bonchev–Trinajstić information content (AvgIpc) is 2.95. The molecule has 7 heteroatoms. The molecular formula is C13H11N5O2. The second kappa shape index (κ2) is 4.30. The van der Waals surface area contributed by atoms with Crippen LogP contribution in [0.3, 0.4) is 0 Å². The van der Waals surface area contributed by atoms with Crippen LogP contribution in [-0.4, -0.2) is 26.6 Å². The molecule has 0 spiro atoms. The lowest BCUT2D eigenvalue weighted by molar-refractivity contribution is -0.119. The molecule has 1 aromatic heterocycles. The lowest BCUT2D eigenvalue weighted by Gasteiger charge is -2.14. The van der Waals surface area contributed by atoms with Gasteiger partial charge in [0.1, 0.15) is 12.0 Å². The first kappa shape index (κ1) is 12.1. The molecule has 0 bridgehead atoms. The molecule has 2 aromatic rings. The zero-order valence-corrected chi connectivity index (χ0v) is 10.6. The van der Waals surface area contributed by atoms with Crippen molar-refractivity contribution < 1.29 is 9.59 Å². The van der Waals surface area contributed by atoms with Gasteiger partial charge in [0.2, 0.25) is 5.95 Å². The van der Waals surface area contributed by atoms with Crippen molar-refractivity contribution >= 4 is 29.1 Å². The molecule has 100 valence electrons. The number of anilines is 2. The Morgan fingerprint density at radius 2 is 1.85 bits per heavy atom. The first-order chi connectivity index (χ1) is 9.58. The number of carbonyl (C=O) groups is 2. The molecule has 0 saturated heterocycles. The number of nitrogens with two attached hydrogens (primary N) is 1. The molecule has 1 aromatic carbocycles. The Hall–Kier alpha value is -2.96. The topological polar surface area (TPSA) is 94.1 Å². The maximum atomic E-state index is 12.3. The van der Waals surface area contributed by atoms with Crippen molar-refractivity contribution in [1.82, 2.24) is 14.8 Å². The fourth-order valence-corrected chi connectivity index (χ4v) is 1.98. The van der Waals surface area contributed by atoms with E-state index in [2.05, 4.69) is 10.1 Å². The van der Waals surface area contributed by atoms with Gasteiger partial charge in [-0.1, -0.05) is 17.7 Å². The zero-order valence-electron chi connectivity index (χ0n) is 10.6. The van der Waals surface area contributed by atoms with Gasteiger partial charge < -0.3 is 5.73 Å². The first-order valence-corrected chi connectivity index (χ1v) is 5.90. The average molecular weight is 269 g/mol. The van der Waals surface area contributed by atoms with Crippen molar-refractivity contribution in [3.63, 3.8) is 0 Å². The molecule has 0 radical (unpaired) electrons. The van der Waals surface area contributed by atoms with E-state index in [0.29, 0.717) is 5.69 Å². The third kappa shape index (κ3) is 1.76. The molecule has 1 aliphatic heterocycles. The highest BCUT2D eigenvalue weighted by Gasteiger charge is 2.34. The molecule has 0 unspecified atom stereocenters. The Morgan fingerprint density at radius 3 is 2.45 bits per heavy atom. The predicted molar refractivity (Wildman–Crippen MR) is 72.4 cm³/mol. The van der Waals surface area contributed by atoms with Crippen LogP contribution in [0.1, 0.15) is 5.56 Å². The van der Waals surface area contributed by atoms with Crippen LogP contribution >= 0.6 is 0 Å². The smallest absolute Gasteiger partial charge is 0.284 e. The number of nitrogen functional groups attached to an aromatic ring is 1. The summed E-state index contributed by atoms with van der Waals surface area (Å²) in [6, 6.07) is 7.09. The summed E-state index contributed by atoms with van der Waals surface area (Å²) in [5, 5.41) is 3.84. The van der Waals surface area contributed by atoms with Gasteiger partial charge in [0.15, 0.2) is 0 Å². The fourth-order valence-electron chi connectivity index (χ4n) is 1.98. The molecule has 2 amide bonds. The Balaban J connectivity index is 1.99. The summed E-state index contributed by atoms with van der Waals surface area (Å²) in [4.78, 5) is 29.2. The highest BCUT2D eigenvalue weighted by Crippen LogP contribution is 2.25. The zero-order chi connectivity index (χ0) is 14.3. The minimum atomic E-state index is -0.476. The summed E-state index contributed by atoms with van der Waals surface area (Å²) >= 11 is 0. The predicted octanol–water partition coefficient (Wildman–Crippen LogP) is 0.583. The summed E-state index contributed by atoms with van der Waals surface area (Å²) < 4.78 is 1.15. The maximum Gasteiger partial charge on any atom is 0.284 e. The molecule has 2 heterocycles. The van der Waals surface area contributed by atoms with Gasteiger partial charge in [0, 0.05) is 6.08 Å².